The zero-order valence-corrected chi connectivity index (χ0v) is 16.5. The maximum atomic E-state index is 13.6. The predicted molar refractivity (Wildman–Crippen MR) is 112 cm³/mol. The molecule has 29 heavy (non-hydrogen) atoms. The molecule has 6 nitrogen and oxygen atoms in total. The van der Waals surface area contributed by atoms with Crippen LogP contribution in [0.1, 0.15) is 23.8 Å². The number of carbonyl (C=O) groups excluding carboxylic acids is 2. The molecule has 0 spiro atoms. The summed E-state index contributed by atoms with van der Waals surface area (Å²) in [4.78, 5) is 30.8. The number of hydrogen-bond acceptors (Lipinski definition) is 5. The summed E-state index contributed by atoms with van der Waals surface area (Å²) in [5.74, 6) is -0.555. The predicted octanol–water partition coefficient (Wildman–Crippen LogP) is 3.96. The summed E-state index contributed by atoms with van der Waals surface area (Å²) < 4.78 is 14.8. The van der Waals surface area contributed by atoms with E-state index in [2.05, 4.69) is 16.7 Å². The number of halogens is 1. The first-order valence-electron chi connectivity index (χ1n) is 9.51. The molecule has 1 aliphatic rings. The number of piperidine rings is 1. The Morgan fingerprint density at radius 2 is 1.83 bits per heavy atom. The Morgan fingerprint density at radius 3 is 2.59 bits per heavy atom. The standard InChI is InChI=1S/C21H21FN4O2S/c22-15-5-1-2-6-16(15)24-21(28)25-19(27)13-26-11-9-14(10-12-26)20-23-17-7-3-4-8-18(17)29-20/h1-8,14H,9-13H2,(H2,24,25,27,28). The summed E-state index contributed by atoms with van der Waals surface area (Å²) in [6.07, 6.45) is 1.85. The minimum atomic E-state index is -0.732. The highest BCUT2D eigenvalue weighted by Gasteiger charge is 2.24. The van der Waals surface area contributed by atoms with Gasteiger partial charge in [-0.2, -0.15) is 0 Å². The number of nitrogens with one attached hydrogen (secondary N) is 2. The molecule has 2 heterocycles. The van der Waals surface area contributed by atoms with Crippen LogP contribution in [0.5, 0.6) is 0 Å². The molecular formula is C21H21FN4O2S. The number of fused-ring (bicyclic) bond motifs is 1. The third kappa shape index (κ3) is 4.78. The van der Waals surface area contributed by atoms with Gasteiger partial charge in [0.1, 0.15) is 5.82 Å². The summed E-state index contributed by atoms with van der Waals surface area (Å²) >= 11 is 1.74. The number of rotatable bonds is 4. The van der Waals surface area contributed by atoms with Gasteiger partial charge in [0.15, 0.2) is 0 Å². The highest BCUT2D eigenvalue weighted by molar-refractivity contribution is 7.18. The Balaban J connectivity index is 1.25. The Morgan fingerprint density at radius 1 is 1.10 bits per heavy atom. The number of para-hydroxylation sites is 2. The van der Waals surface area contributed by atoms with E-state index >= 15 is 0 Å². The fraction of sp³-hybridized carbons (Fsp3) is 0.286. The first-order valence-corrected chi connectivity index (χ1v) is 10.3. The van der Waals surface area contributed by atoms with Crippen molar-refractivity contribution in [3.63, 3.8) is 0 Å². The summed E-state index contributed by atoms with van der Waals surface area (Å²) in [7, 11) is 0. The van der Waals surface area contributed by atoms with Gasteiger partial charge >= 0.3 is 6.03 Å². The van der Waals surface area contributed by atoms with Gasteiger partial charge in [-0.05, 0) is 50.2 Å². The van der Waals surface area contributed by atoms with Gasteiger partial charge in [0.05, 0.1) is 27.5 Å². The number of carbonyl (C=O) groups is 2. The Hall–Kier alpha value is -2.84. The molecule has 2 N–H and O–H groups in total. The second-order valence-electron chi connectivity index (χ2n) is 7.05. The highest BCUT2D eigenvalue weighted by Crippen LogP contribution is 2.33. The number of anilines is 1. The lowest BCUT2D eigenvalue weighted by atomic mass is 9.97. The first kappa shape index (κ1) is 19.5. The minimum absolute atomic E-state index is 0.0365. The third-order valence-corrected chi connectivity index (χ3v) is 6.19. The molecule has 0 bridgehead atoms. The number of benzene rings is 2. The molecule has 0 atom stereocenters. The summed E-state index contributed by atoms with van der Waals surface area (Å²) in [5.41, 5.74) is 1.07. The lowest BCUT2D eigenvalue weighted by Crippen LogP contribution is -2.44. The van der Waals surface area contributed by atoms with Crippen molar-refractivity contribution in [1.29, 1.82) is 0 Å². The number of urea groups is 1. The van der Waals surface area contributed by atoms with Gasteiger partial charge < -0.3 is 5.32 Å². The number of amides is 3. The van der Waals surface area contributed by atoms with E-state index in [1.54, 1.807) is 17.4 Å². The zero-order chi connectivity index (χ0) is 20.2. The number of hydrogen-bond donors (Lipinski definition) is 2. The van der Waals surface area contributed by atoms with Crippen molar-refractivity contribution in [2.45, 2.75) is 18.8 Å². The number of likely N-dealkylation sites (tertiary alicyclic amines) is 1. The Labute approximate surface area is 171 Å². The SMILES string of the molecule is O=C(CN1CCC(c2nc3ccccc3s2)CC1)NC(=O)Nc1ccccc1F. The average molecular weight is 412 g/mol. The van der Waals surface area contributed by atoms with Crippen LogP contribution in [0.4, 0.5) is 14.9 Å². The van der Waals surface area contributed by atoms with Crippen molar-refractivity contribution in [1.82, 2.24) is 15.2 Å². The minimum Gasteiger partial charge on any atom is -0.305 e. The number of nitrogens with zero attached hydrogens (tertiary/aromatic N) is 2. The van der Waals surface area contributed by atoms with E-state index in [0.29, 0.717) is 5.92 Å². The van der Waals surface area contributed by atoms with Gasteiger partial charge in [-0.25, -0.2) is 14.2 Å². The molecule has 0 radical (unpaired) electrons. The molecule has 0 saturated carbocycles. The van der Waals surface area contributed by atoms with Crippen molar-refractivity contribution >= 4 is 39.2 Å². The van der Waals surface area contributed by atoms with Crippen molar-refractivity contribution < 1.29 is 14.0 Å². The maximum Gasteiger partial charge on any atom is 0.326 e. The van der Waals surface area contributed by atoms with Crippen LogP contribution >= 0.6 is 11.3 Å². The molecule has 0 unspecified atom stereocenters. The van der Waals surface area contributed by atoms with Gasteiger partial charge in [0, 0.05) is 5.92 Å². The summed E-state index contributed by atoms with van der Waals surface area (Å²) in [5, 5.41) is 5.76. The molecule has 3 amide bonds. The first-order chi connectivity index (χ1) is 14.1. The molecule has 2 aromatic carbocycles. The van der Waals surface area contributed by atoms with E-state index in [1.807, 2.05) is 23.1 Å². The Bertz CT molecular complexity index is 997. The smallest absolute Gasteiger partial charge is 0.305 e. The lowest BCUT2D eigenvalue weighted by Gasteiger charge is -2.30. The molecule has 1 aromatic heterocycles. The van der Waals surface area contributed by atoms with E-state index in [1.165, 1.54) is 22.9 Å². The van der Waals surface area contributed by atoms with Crippen molar-refractivity contribution in [3.05, 3.63) is 59.4 Å². The fourth-order valence-corrected chi connectivity index (χ4v) is 4.62. The summed E-state index contributed by atoms with van der Waals surface area (Å²) in [6.45, 7) is 1.67. The van der Waals surface area contributed by atoms with Crippen molar-refractivity contribution in [3.8, 4) is 0 Å². The van der Waals surface area contributed by atoms with Crippen LogP contribution in [0.3, 0.4) is 0 Å². The van der Waals surface area contributed by atoms with Gasteiger partial charge in [-0.3, -0.25) is 15.0 Å². The van der Waals surface area contributed by atoms with Crippen LogP contribution in [0.25, 0.3) is 10.2 Å². The molecule has 4 rings (SSSR count). The van der Waals surface area contributed by atoms with Crippen molar-refractivity contribution in [2.24, 2.45) is 0 Å². The molecular weight excluding hydrogens is 391 g/mol. The number of thiazole rings is 1. The zero-order valence-electron chi connectivity index (χ0n) is 15.7. The number of imide groups is 1. The molecule has 1 fully saturated rings. The molecule has 8 heteroatoms. The van der Waals surface area contributed by atoms with Crippen LogP contribution in [-0.4, -0.2) is 41.5 Å². The van der Waals surface area contributed by atoms with Crippen LogP contribution in [0.2, 0.25) is 0 Å². The normalized spacial score (nSPS) is 15.3. The quantitative estimate of drug-likeness (QED) is 0.680. The van der Waals surface area contributed by atoms with Crippen LogP contribution < -0.4 is 10.6 Å². The molecule has 3 aromatic rings. The van der Waals surface area contributed by atoms with E-state index in [9.17, 15) is 14.0 Å². The van der Waals surface area contributed by atoms with Crippen LogP contribution in [0.15, 0.2) is 48.5 Å². The second kappa shape index (κ2) is 8.67. The maximum absolute atomic E-state index is 13.6. The van der Waals surface area contributed by atoms with E-state index in [4.69, 9.17) is 4.98 Å². The van der Waals surface area contributed by atoms with Crippen LogP contribution in [-0.2, 0) is 4.79 Å². The number of aromatic nitrogens is 1. The highest BCUT2D eigenvalue weighted by atomic mass is 32.1. The molecule has 150 valence electrons. The summed E-state index contributed by atoms with van der Waals surface area (Å²) in [6, 6.07) is 13.2. The van der Waals surface area contributed by atoms with Crippen molar-refractivity contribution in [2.75, 3.05) is 25.0 Å². The van der Waals surface area contributed by atoms with E-state index in [-0.39, 0.29) is 12.2 Å². The van der Waals surface area contributed by atoms with Crippen LogP contribution in [0, 0.1) is 5.82 Å². The monoisotopic (exact) mass is 412 g/mol. The van der Waals surface area contributed by atoms with E-state index in [0.717, 1.165) is 36.5 Å². The van der Waals surface area contributed by atoms with E-state index < -0.39 is 17.8 Å². The Kier molecular flexibility index (Phi) is 5.82. The molecule has 1 aliphatic heterocycles. The van der Waals surface area contributed by atoms with Gasteiger partial charge in [-0.15, -0.1) is 11.3 Å². The molecule has 1 saturated heterocycles. The molecule has 0 aliphatic carbocycles. The third-order valence-electron chi connectivity index (χ3n) is 4.99. The van der Waals surface area contributed by atoms with Gasteiger partial charge in [0.2, 0.25) is 5.91 Å². The van der Waals surface area contributed by atoms with Gasteiger partial charge in [0.25, 0.3) is 0 Å². The average Bonchev–Trinajstić information content (AvgIpc) is 3.14. The van der Waals surface area contributed by atoms with Gasteiger partial charge in [-0.1, -0.05) is 24.3 Å². The lowest BCUT2D eigenvalue weighted by molar-refractivity contribution is -0.121. The topological polar surface area (TPSA) is 74.3 Å². The largest absolute Gasteiger partial charge is 0.326 e. The second-order valence-corrected chi connectivity index (χ2v) is 8.11. The fourth-order valence-electron chi connectivity index (χ4n) is 3.49.